The Kier molecular flexibility index (Phi) is 4.42. The van der Waals surface area contributed by atoms with Gasteiger partial charge in [0.15, 0.2) is 0 Å². The molecule has 2 nitrogen and oxygen atoms in total. The fourth-order valence-electron chi connectivity index (χ4n) is 1.82. The van der Waals surface area contributed by atoms with Crippen molar-refractivity contribution in [2.24, 2.45) is 0 Å². The van der Waals surface area contributed by atoms with E-state index in [1.54, 1.807) is 12.3 Å². The minimum absolute atomic E-state index is 0.147. The van der Waals surface area contributed by atoms with E-state index < -0.39 is 0 Å². The quantitative estimate of drug-likeness (QED) is 0.818. The number of rotatable bonds is 5. The summed E-state index contributed by atoms with van der Waals surface area (Å²) in [5, 5.41) is 3.24. The highest BCUT2D eigenvalue weighted by atomic mass is 19.1. The third-order valence-electron chi connectivity index (χ3n) is 2.80. The summed E-state index contributed by atoms with van der Waals surface area (Å²) in [6, 6.07) is 11.1. The van der Waals surface area contributed by atoms with Gasteiger partial charge in [-0.1, -0.05) is 23.8 Å². The van der Waals surface area contributed by atoms with E-state index in [2.05, 4.69) is 10.3 Å². The lowest BCUT2D eigenvalue weighted by molar-refractivity contribution is 0.587. The monoisotopic (exact) mass is 244 g/mol. The third-order valence-corrected chi connectivity index (χ3v) is 2.80. The van der Waals surface area contributed by atoms with Crippen LogP contribution in [0.1, 0.15) is 16.8 Å². The molecule has 2 rings (SSSR count). The number of aromatic nitrogens is 1. The van der Waals surface area contributed by atoms with E-state index in [1.807, 2.05) is 31.2 Å². The maximum atomic E-state index is 13.5. The molecule has 18 heavy (non-hydrogen) atoms. The molecule has 0 unspecified atom stereocenters. The van der Waals surface area contributed by atoms with Crippen LogP contribution in [-0.4, -0.2) is 11.5 Å². The number of nitrogens with one attached hydrogen (secondary N) is 1. The molecule has 0 amide bonds. The van der Waals surface area contributed by atoms with Crippen LogP contribution in [0.4, 0.5) is 4.39 Å². The summed E-state index contributed by atoms with van der Waals surface area (Å²) in [6.45, 7) is 3.32. The number of nitrogens with zero attached hydrogens (tertiary/aromatic N) is 1. The molecule has 0 saturated carbocycles. The summed E-state index contributed by atoms with van der Waals surface area (Å²) in [5.74, 6) is -0.147. The second-order valence-corrected chi connectivity index (χ2v) is 4.34. The topological polar surface area (TPSA) is 24.9 Å². The van der Waals surface area contributed by atoms with Gasteiger partial charge in [0.2, 0.25) is 0 Å². The zero-order valence-electron chi connectivity index (χ0n) is 10.5. The fourth-order valence-corrected chi connectivity index (χ4v) is 1.82. The molecule has 0 aliphatic carbocycles. The van der Waals surface area contributed by atoms with Crippen LogP contribution in [0.5, 0.6) is 0 Å². The minimum atomic E-state index is -0.147. The first-order valence-corrected chi connectivity index (χ1v) is 6.11. The van der Waals surface area contributed by atoms with E-state index in [0.29, 0.717) is 6.54 Å². The van der Waals surface area contributed by atoms with Crippen LogP contribution in [0.3, 0.4) is 0 Å². The molecule has 0 saturated heterocycles. The molecule has 0 fully saturated rings. The number of halogens is 1. The van der Waals surface area contributed by atoms with Crippen molar-refractivity contribution in [3.63, 3.8) is 0 Å². The Hall–Kier alpha value is -1.74. The normalized spacial score (nSPS) is 10.6. The van der Waals surface area contributed by atoms with E-state index in [0.717, 1.165) is 29.8 Å². The van der Waals surface area contributed by atoms with Gasteiger partial charge in [-0.2, -0.15) is 0 Å². The van der Waals surface area contributed by atoms with Gasteiger partial charge in [0.25, 0.3) is 0 Å². The first-order chi connectivity index (χ1) is 8.75. The molecule has 2 aromatic rings. The second-order valence-electron chi connectivity index (χ2n) is 4.34. The highest BCUT2D eigenvalue weighted by Gasteiger charge is 2.01. The van der Waals surface area contributed by atoms with Crippen molar-refractivity contribution < 1.29 is 4.39 Å². The number of benzene rings is 1. The largest absolute Gasteiger partial charge is 0.312 e. The lowest BCUT2D eigenvalue weighted by Crippen LogP contribution is -2.18. The SMILES string of the molecule is Cc1ccc(F)c(CNCCc2ccccn2)c1. The Labute approximate surface area is 107 Å². The molecule has 1 heterocycles. The molecule has 0 aliphatic rings. The van der Waals surface area contributed by atoms with E-state index in [-0.39, 0.29) is 5.82 Å². The van der Waals surface area contributed by atoms with Crippen LogP contribution in [0.2, 0.25) is 0 Å². The standard InChI is InChI=1S/C15H17FN2/c1-12-5-6-15(16)13(10-12)11-17-9-7-14-4-2-3-8-18-14/h2-6,8,10,17H,7,9,11H2,1H3. The summed E-state index contributed by atoms with van der Waals surface area (Å²) in [7, 11) is 0. The van der Waals surface area contributed by atoms with Crippen LogP contribution in [0.25, 0.3) is 0 Å². The van der Waals surface area contributed by atoms with Gasteiger partial charge in [-0.05, 0) is 25.1 Å². The average Bonchev–Trinajstić information content (AvgIpc) is 2.40. The molecule has 1 aromatic heterocycles. The van der Waals surface area contributed by atoms with Crippen LogP contribution in [-0.2, 0) is 13.0 Å². The Balaban J connectivity index is 1.80. The molecule has 1 aromatic carbocycles. The van der Waals surface area contributed by atoms with E-state index in [4.69, 9.17) is 0 Å². The predicted molar refractivity (Wildman–Crippen MR) is 70.8 cm³/mol. The molecule has 3 heteroatoms. The van der Waals surface area contributed by atoms with Gasteiger partial charge in [-0.3, -0.25) is 4.98 Å². The van der Waals surface area contributed by atoms with Gasteiger partial charge in [-0.15, -0.1) is 0 Å². The van der Waals surface area contributed by atoms with Crippen LogP contribution >= 0.6 is 0 Å². The molecule has 1 N–H and O–H groups in total. The van der Waals surface area contributed by atoms with Crippen LogP contribution in [0, 0.1) is 12.7 Å². The zero-order valence-corrected chi connectivity index (χ0v) is 10.5. The highest BCUT2D eigenvalue weighted by Crippen LogP contribution is 2.09. The number of hydrogen-bond acceptors (Lipinski definition) is 2. The lowest BCUT2D eigenvalue weighted by atomic mass is 10.1. The Morgan fingerprint density at radius 2 is 2.11 bits per heavy atom. The van der Waals surface area contributed by atoms with Crippen molar-refractivity contribution in [3.05, 3.63) is 65.2 Å². The summed E-state index contributed by atoms with van der Waals surface area (Å²) in [6.07, 6.45) is 2.64. The number of hydrogen-bond donors (Lipinski definition) is 1. The first kappa shape index (κ1) is 12.7. The van der Waals surface area contributed by atoms with E-state index >= 15 is 0 Å². The Bertz CT molecular complexity index is 497. The average molecular weight is 244 g/mol. The molecular formula is C15H17FN2. The molecule has 0 radical (unpaired) electrons. The predicted octanol–water partition coefficient (Wildman–Crippen LogP) is 2.86. The van der Waals surface area contributed by atoms with Gasteiger partial charge in [0.1, 0.15) is 5.82 Å². The highest BCUT2D eigenvalue weighted by molar-refractivity contribution is 5.23. The molecule has 0 atom stereocenters. The van der Waals surface area contributed by atoms with Crippen molar-refractivity contribution >= 4 is 0 Å². The van der Waals surface area contributed by atoms with Crippen molar-refractivity contribution in [1.82, 2.24) is 10.3 Å². The number of aryl methyl sites for hydroxylation is 1. The molecular weight excluding hydrogens is 227 g/mol. The molecule has 0 spiro atoms. The first-order valence-electron chi connectivity index (χ1n) is 6.11. The minimum Gasteiger partial charge on any atom is -0.312 e. The van der Waals surface area contributed by atoms with Crippen molar-refractivity contribution in [2.75, 3.05) is 6.54 Å². The van der Waals surface area contributed by atoms with Gasteiger partial charge in [0.05, 0.1) is 0 Å². The molecule has 0 bridgehead atoms. The van der Waals surface area contributed by atoms with E-state index in [9.17, 15) is 4.39 Å². The Morgan fingerprint density at radius 3 is 2.89 bits per heavy atom. The maximum absolute atomic E-state index is 13.5. The molecule has 0 aliphatic heterocycles. The van der Waals surface area contributed by atoms with E-state index in [1.165, 1.54) is 6.07 Å². The van der Waals surface area contributed by atoms with Crippen molar-refractivity contribution in [2.45, 2.75) is 19.9 Å². The Morgan fingerprint density at radius 1 is 1.22 bits per heavy atom. The summed E-state index contributed by atoms with van der Waals surface area (Å²) in [5.41, 5.74) is 2.85. The maximum Gasteiger partial charge on any atom is 0.127 e. The third kappa shape index (κ3) is 3.64. The summed E-state index contributed by atoms with van der Waals surface area (Å²) >= 11 is 0. The number of pyridine rings is 1. The van der Waals surface area contributed by atoms with Crippen molar-refractivity contribution in [3.8, 4) is 0 Å². The zero-order chi connectivity index (χ0) is 12.8. The fraction of sp³-hybridized carbons (Fsp3) is 0.267. The van der Waals surface area contributed by atoms with Crippen LogP contribution < -0.4 is 5.32 Å². The smallest absolute Gasteiger partial charge is 0.127 e. The van der Waals surface area contributed by atoms with Gasteiger partial charge >= 0.3 is 0 Å². The lowest BCUT2D eigenvalue weighted by Gasteiger charge is -2.06. The van der Waals surface area contributed by atoms with Crippen molar-refractivity contribution in [1.29, 1.82) is 0 Å². The molecule has 94 valence electrons. The second kappa shape index (κ2) is 6.26. The summed E-state index contributed by atoms with van der Waals surface area (Å²) in [4.78, 5) is 4.24. The van der Waals surface area contributed by atoms with Gasteiger partial charge in [0, 0.05) is 37.0 Å². The van der Waals surface area contributed by atoms with Crippen LogP contribution in [0.15, 0.2) is 42.6 Å². The van der Waals surface area contributed by atoms with Gasteiger partial charge < -0.3 is 5.32 Å². The summed E-state index contributed by atoms with van der Waals surface area (Å²) < 4.78 is 13.5. The van der Waals surface area contributed by atoms with Gasteiger partial charge in [-0.25, -0.2) is 4.39 Å².